The second kappa shape index (κ2) is 9.09. The van der Waals surface area contributed by atoms with E-state index in [-0.39, 0.29) is 24.1 Å². The van der Waals surface area contributed by atoms with Gasteiger partial charge in [-0.1, -0.05) is 49.7 Å². The number of sulfonamides is 1. The minimum atomic E-state index is -3.70. The van der Waals surface area contributed by atoms with Crippen molar-refractivity contribution in [3.63, 3.8) is 0 Å². The first-order valence-electron chi connectivity index (χ1n) is 10.4. The summed E-state index contributed by atoms with van der Waals surface area (Å²) in [7, 11) is -3.70. The molecule has 0 aromatic heterocycles. The summed E-state index contributed by atoms with van der Waals surface area (Å²) in [5.41, 5.74) is 1.54. The van der Waals surface area contributed by atoms with E-state index in [9.17, 15) is 13.2 Å². The van der Waals surface area contributed by atoms with Crippen molar-refractivity contribution in [2.75, 3.05) is 17.1 Å². The molecule has 31 heavy (non-hydrogen) atoms. The third kappa shape index (κ3) is 4.99. The molecule has 1 heterocycles. The van der Waals surface area contributed by atoms with E-state index in [0.717, 1.165) is 34.7 Å². The summed E-state index contributed by atoms with van der Waals surface area (Å²) >= 11 is 6.18. The van der Waals surface area contributed by atoms with Crippen LogP contribution >= 0.6 is 11.6 Å². The quantitative estimate of drug-likeness (QED) is 0.649. The summed E-state index contributed by atoms with van der Waals surface area (Å²) in [5, 5.41) is 3.49. The van der Waals surface area contributed by atoms with Crippen molar-refractivity contribution in [2.24, 2.45) is 0 Å². The van der Waals surface area contributed by atoms with E-state index < -0.39 is 10.0 Å². The number of nitrogens with one attached hydrogen (secondary N) is 1. The average molecular weight is 465 g/mol. The minimum absolute atomic E-state index is 0.265. The van der Waals surface area contributed by atoms with Crippen LogP contribution in [0.15, 0.2) is 42.5 Å². The lowest BCUT2D eigenvalue weighted by atomic mass is 9.83. The van der Waals surface area contributed by atoms with Gasteiger partial charge >= 0.3 is 0 Å². The maximum atomic E-state index is 13.0. The highest BCUT2D eigenvalue weighted by molar-refractivity contribution is 7.92. The molecule has 1 aliphatic rings. The number of para-hydroxylation sites is 1. The summed E-state index contributed by atoms with van der Waals surface area (Å²) in [6.45, 7) is 5.55. The fraction of sp³-hybridized carbons (Fsp3) is 0.435. The number of carbonyl (C=O) groups excluding carboxylic acids is 1. The van der Waals surface area contributed by atoms with Crippen molar-refractivity contribution in [1.82, 2.24) is 5.32 Å². The molecule has 0 spiro atoms. The molecule has 2 aromatic carbocycles. The van der Waals surface area contributed by atoms with Crippen LogP contribution in [0.5, 0.6) is 5.75 Å². The molecule has 0 saturated heterocycles. The molecule has 1 amide bonds. The molecule has 0 radical (unpaired) electrons. The lowest BCUT2D eigenvalue weighted by molar-refractivity contribution is -0.121. The molecule has 2 aromatic rings. The van der Waals surface area contributed by atoms with Gasteiger partial charge in [-0.15, -0.1) is 0 Å². The Balaban J connectivity index is 1.88. The molecule has 0 unspecified atom stereocenters. The molecule has 1 aliphatic heterocycles. The van der Waals surface area contributed by atoms with Crippen molar-refractivity contribution in [1.29, 1.82) is 0 Å². The van der Waals surface area contributed by atoms with Crippen molar-refractivity contribution >= 4 is 33.2 Å². The number of hydrogen-bond acceptors (Lipinski definition) is 4. The van der Waals surface area contributed by atoms with E-state index in [1.54, 1.807) is 25.1 Å². The molecule has 1 atom stereocenters. The fourth-order valence-corrected chi connectivity index (χ4v) is 5.12. The standard InChI is InChI=1S/C23H29ClN2O4S/c1-5-23(6-2)14-19(17-10-7-8-13-21(17)30-23)25-22(27)15-26(31(4,28)29)20-12-9-11-18(24)16(20)3/h7-13,19H,5-6,14-15H2,1-4H3,(H,25,27)/t19-/m1/s1. The zero-order valence-electron chi connectivity index (χ0n) is 18.3. The predicted octanol–water partition coefficient (Wildman–Crippen LogP) is 4.61. The number of benzene rings is 2. The molecule has 168 valence electrons. The van der Waals surface area contributed by atoms with Gasteiger partial charge in [-0.3, -0.25) is 9.10 Å². The van der Waals surface area contributed by atoms with Crippen LogP contribution in [0.1, 0.15) is 50.3 Å². The zero-order chi connectivity index (χ0) is 22.8. The number of amides is 1. The Labute approximate surface area is 189 Å². The van der Waals surface area contributed by atoms with Gasteiger partial charge in [0, 0.05) is 17.0 Å². The van der Waals surface area contributed by atoms with Crippen molar-refractivity contribution in [3.05, 3.63) is 58.6 Å². The monoisotopic (exact) mass is 464 g/mol. The highest BCUT2D eigenvalue weighted by Gasteiger charge is 2.39. The van der Waals surface area contributed by atoms with Crippen LogP contribution in [-0.4, -0.2) is 32.7 Å². The van der Waals surface area contributed by atoms with E-state index >= 15 is 0 Å². The van der Waals surface area contributed by atoms with E-state index in [4.69, 9.17) is 16.3 Å². The van der Waals surface area contributed by atoms with Gasteiger partial charge in [-0.05, 0) is 43.5 Å². The van der Waals surface area contributed by atoms with Gasteiger partial charge in [0.1, 0.15) is 17.9 Å². The Bertz CT molecular complexity index is 1070. The van der Waals surface area contributed by atoms with E-state index in [1.807, 2.05) is 24.3 Å². The summed E-state index contributed by atoms with van der Waals surface area (Å²) in [4.78, 5) is 13.0. The lowest BCUT2D eigenvalue weighted by Gasteiger charge is -2.41. The Hall–Kier alpha value is -2.25. The smallest absolute Gasteiger partial charge is 0.241 e. The molecule has 0 bridgehead atoms. The first-order valence-corrected chi connectivity index (χ1v) is 12.6. The number of halogens is 1. The van der Waals surface area contributed by atoms with E-state index in [2.05, 4.69) is 19.2 Å². The normalized spacial score (nSPS) is 17.4. The summed E-state index contributed by atoms with van der Waals surface area (Å²) < 4.78 is 32.4. The highest BCUT2D eigenvalue weighted by Crippen LogP contribution is 2.42. The van der Waals surface area contributed by atoms with Crippen molar-refractivity contribution < 1.29 is 17.9 Å². The number of carbonyl (C=O) groups is 1. The largest absolute Gasteiger partial charge is 0.487 e. The second-order valence-electron chi connectivity index (χ2n) is 8.01. The number of nitrogens with zero attached hydrogens (tertiary/aromatic N) is 1. The van der Waals surface area contributed by atoms with Gasteiger partial charge in [0.15, 0.2) is 0 Å². The Morgan fingerprint density at radius 2 is 1.87 bits per heavy atom. The molecular formula is C23H29ClN2O4S. The van der Waals surface area contributed by atoms with Gasteiger partial charge in [0.2, 0.25) is 15.9 Å². The zero-order valence-corrected chi connectivity index (χ0v) is 19.9. The Morgan fingerprint density at radius 3 is 2.52 bits per heavy atom. The molecule has 3 rings (SSSR count). The first kappa shape index (κ1) is 23.4. The average Bonchev–Trinajstić information content (AvgIpc) is 2.73. The number of ether oxygens (including phenoxy) is 1. The van der Waals surface area contributed by atoms with Gasteiger partial charge in [0.25, 0.3) is 0 Å². The molecule has 0 saturated carbocycles. The topological polar surface area (TPSA) is 75.7 Å². The predicted molar refractivity (Wildman–Crippen MR) is 124 cm³/mol. The third-order valence-electron chi connectivity index (χ3n) is 6.02. The minimum Gasteiger partial charge on any atom is -0.487 e. The Morgan fingerprint density at radius 1 is 1.19 bits per heavy atom. The Kier molecular flexibility index (Phi) is 6.86. The van der Waals surface area contributed by atoms with Crippen LogP contribution in [0, 0.1) is 6.92 Å². The van der Waals surface area contributed by atoms with Crippen molar-refractivity contribution in [3.8, 4) is 5.75 Å². The molecule has 1 N–H and O–H groups in total. The molecule has 0 fully saturated rings. The van der Waals surface area contributed by atoms with Crippen LogP contribution in [0.4, 0.5) is 5.69 Å². The summed E-state index contributed by atoms with van der Waals surface area (Å²) in [6.07, 6.45) is 3.32. The third-order valence-corrected chi connectivity index (χ3v) is 7.55. The second-order valence-corrected chi connectivity index (χ2v) is 10.3. The van der Waals surface area contributed by atoms with Gasteiger partial charge < -0.3 is 10.1 Å². The molecular weight excluding hydrogens is 436 g/mol. The summed E-state index contributed by atoms with van der Waals surface area (Å²) in [5.74, 6) is 0.376. The number of hydrogen-bond donors (Lipinski definition) is 1. The van der Waals surface area contributed by atoms with Crippen LogP contribution < -0.4 is 14.4 Å². The van der Waals surface area contributed by atoms with E-state index in [1.165, 1.54) is 0 Å². The number of rotatable bonds is 7. The SMILES string of the molecule is CCC1(CC)C[C@@H](NC(=O)CN(c2cccc(Cl)c2C)S(C)(=O)=O)c2ccccc2O1. The number of fused-ring (bicyclic) bond motifs is 1. The lowest BCUT2D eigenvalue weighted by Crippen LogP contribution is -2.47. The van der Waals surface area contributed by atoms with Crippen LogP contribution in [0.2, 0.25) is 5.02 Å². The van der Waals surface area contributed by atoms with Crippen LogP contribution in [0.3, 0.4) is 0 Å². The fourth-order valence-electron chi connectivity index (χ4n) is 4.05. The van der Waals surface area contributed by atoms with Crippen LogP contribution in [0.25, 0.3) is 0 Å². The van der Waals surface area contributed by atoms with Gasteiger partial charge in [-0.2, -0.15) is 0 Å². The highest BCUT2D eigenvalue weighted by atomic mass is 35.5. The van der Waals surface area contributed by atoms with Gasteiger partial charge in [-0.25, -0.2) is 8.42 Å². The first-order chi connectivity index (χ1) is 14.6. The summed E-state index contributed by atoms with van der Waals surface area (Å²) in [6, 6.07) is 12.4. The van der Waals surface area contributed by atoms with Crippen LogP contribution in [-0.2, 0) is 14.8 Å². The molecule has 8 heteroatoms. The van der Waals surface area contributed by atoms with Gasteiger partial charge in [0.05, 0.1) is 18.0 Å². The van der Waals surface area contributed by atoms with E-state index in [0.29, 0.717) is 22.7 Å². The maximum Gasteiger partial charge on any atom is 0.241 e. The number of anilines is 1. The molecule has 6 nitrogen and oxygen atoms in total. The maximum absolute atomic E-state index is 13.0. The molecule has 0 aliphatic carbocycles. The van der Waals surface area contributed by atoms with Crippen molar-refractivity contribution in [2.45, 2.75) is 51.7 Å².